The van der Waals surface area contributed by atoms with Gasteiger partial charge in [-0.25, -0.2) is 17.2 Å². The monoisotopic (exact) mass is 352 g/mol. The third kappa shape index (κ3) is 2.96. The number of rotatable bonds is 3. The van der Waals surface area contributed by atoms with Crippen LogP contribution in [-0.2, 0) is 21.2 Å². The Morgan fingerprint density at radius 1 is 1.12 bits per heavy atom. The molecule has 5 nitrogen and oxygen atoms in total. The Hall–Kier alpha value is -2.48. The molecule has 0 aromatic heterocycles. The highest BCUT2D eigenvalue weighted by Gasteiger charge is 2.25. The number of anilines is 2. The summed E-state index contributed by atoms with van der Waals surface area (Å²) in [7, 11) is -3.94. The van der Waals surface area contributed by atoms with Crippen molar-refractivity contribution in [2.45, 2.75) is 18.2 Å². The maximum atomic E-state index is 13.2. The van der Waals surface area contributed by atoms with Crippen molar-refractivity contribution in [2.24, 2.45) is 0 Å². The standard InChI is InChI=1S/C16H14F2N2O3S/c1-10(21)20-7-6-11-8-13(3-5-16(11)20)24(22,23)19-12-2-4-14(17)15(18)9-12/h2-5,8-9,19H,6-7H2,1H3. The number of halogens is 2. The average Bonchev–Trinajstić information content (AvgIpc) is 2.94. The molecule has 1 heterocycles. The fraction of sp³-hybridized carbons (Fsp3) is 0.188. The van der Waals surface area contributed by atoms with Crippen molar-refractivity contribution < 1.29 is 22.0 Å². The first-order valence-corrected chi connectivity index (χ1v) is 8.65. The highest BCUT2D eigenvalue weighted by atomic mass is 32.2. The second kappa shape index (κ2) is 5.86. The second-order valence-electron chi connectivity index (χ2n) is 5.45. The van der Waals surface area contributed by atoms with Gasteiger partial charge in [-0.2, -0.15) is 0 Å². The zero-order chi connectivity index (χ0) is 17.5. The number of hydrogen-bond acceptors (Lipinski definition) is 3. The van der Waals surface area contributed by atoms with E-state index >= 15 is 0 Å². The molecule has 0 saturated heterocycles. The van der Waals surface area contributed by atoms with E-state index in [0.717, 1.165) is 23.8 Å². The van der Waals surface area contributed by atoms with Gasteiger partial charge in [0.05, 0.1) is 10.6 Å². The largest absolute Gasteiger partial charge is 0.312 e. The van der Waals surface area contributed by atoms with Crippen LogP contribution in [0.2, 0.25) is 0 Å². The van der Waals surface area contributed by atoms with E-state index in [1.807, 2.05) is 0 Å². The molecule has 0 atom stereocenters. The molecule has 0 aliphatic carbocycles. The first kappa shape index (κ1) is 16.4. The predicted octanol–water partition coefficient (Wildman–Crippen LogP) is 2.67. The molecule has 24 heavy (non-hydrogen) atoms. The Morgan fingerprint density at radius 3 is 2.54 bits per heavy atom. The van der Waals surface area contributed by atoms with E-state index in [1.54, 1.807) is 11.0 Å². The van der Waals surface area contributed by atoms with Crippen LogP contribution in [0.1, 0.15) is 12.5 Å². The smallest absolute Gasteiger partial charge is 0.261 e. The summed E-state index contributed by atoms with van der Waals surface area (Å²) in [5, 5.41) is 0. The zero-order valence-corrected chi connectivity index (χ0v) is 13.5. The van der Waals surface area contributed by atoms with Crippen LogP contribution in [-0.4, -0.2) is 20.9 Å². The minimum atomic E-state index is -3.94. The maximum Gasteiger partial charge on any atom is 0.261 e. The molecule has 2 aromatic carbocycles. The van der Waals surface area contributed by atoms with E-state index in [-0.39, 0.29) is 16.5 Å². The molecule has 0 saturated carbocycles. The minimum absolute atomic E-state index is 0.00335. The summed E-state index contributed by atoms with van der Waals surface area (Å²) in [6, 6.07) is 7.20. The average molecular weight is 352 g/mol. The van der Waals surface area contributed by atoms with E-state index in [1.165, 1.54) is 19.1 Å². The van der Waals surface area contributed by atoms with Crippen molar-refractivity contribution in [1.82, 2.24) is 0 Å². The van der Waals surface area contributed by atoms with Crippen molar-refractivity contribution in [3.05, 3.63) is 53.6 Å². The number of fused-ring (bicyclic) bond motifs is 1. The molecule has 1 N–H and O–H groups in total. The molecule has 1 aliphatic rings. The van der Waals surface area contributed by atoms with E-state index in [9.17, 15) is 22.0 Å². The van der Waals surface area contributed by atoms with Crippen LogP contribution in [0.25, 0.3) is 0 Å². The number of nitrogens with one attached hydrogen (secondary N) is 1. The molecule has 3 rings (SSSR count). The lowest BCUT2D eigenvalue weighted by Gasteiger charge is -2.15. The summed E-state index contributed by atoms with van der Waals surface area (Å²) < 4.78 is 53.2. The van der Waals surface area contributed by atoms with Crippen LogP contribution < -0.4 is 9.62 Å². The Morgan fingerprint density at radius 2 is 1.88 bits per heavy atom. The fourth-order valence-corrected chi connectivity index (χ4v) is 3.75. The summed E-state index contributed by atoms with van der Waals surface area (Å²) >= 11 is 0. The highest BCUT2D eigenvalue weighted by molar-refractivity contribution is 7.92. The van der Waals surface area contributed by atoms with Crippen LogP contribution in [0.3, 0.4) is 0 Å². The molecule has 126 valence electrons. The Kier molecular flexibility index (Phi) is 4.00. The minimum Gasteiger partial charge on any atom is -0.312 e. The van der Waals surface area contributed by atoms with Gasteiger partial charge in [-0.1, -0.05) is 0 Å². The highest BCUT2D eigenvalue weighted by Crippen LogP contribution is 2.30. The third-order valence-electron chi connectivity index (χ3n) is 3.81. The van der Waals surface area contributed by atoms with Crippen molar-refractivity contribution in [3.63, 3.8) is 0 Å². The SMILES string of the molecule is CC(=O)N1CCc2cc(S(=O)(=O)Nc3ccc(F)c(F)c3)ccc21. The van der Waals surface area contributed by atoms with Gasteiger partial charge >= 0.3 is 0 Å². The van der Waals surface area contributed by atoms with E-state index in [0.29, 0.717) is 18.7 Å². The molecule has 0 bridgehead atoms. The summed E-state index contributed by atoms with van der Waals surface area (Å²) in [5.74, 6) is -2.30. The van der Waals surface area contributed by atoms with Gasteiger partial charge in [-0.15, -0.1) is 0 Å². The Bertz CT molecular complexity index is 929. The fourth-order valence-electron chi connectivity index (χ4n) is 2.65. The summed E-state index contributed by atoms with van der Waals surface area (Å²) in [6.45, 7) is 1.95. The number of nitrogens with zero attached hydrogens (tertiary/aromatic N) is 1. The first-order chi connectivity index (χ1) is 11.3. The number of hydrogen-bond donors (Lipinski definition) is 1. The third-order valence-corrected chi connectivity index (χ3v) is 5.19. The Balaban J connectivity index is 1.91. The lowest BCUT2D eigenvalue weighted by molar-refractivity contribution is -0.116. The van der Waals surface area contributed by atoms with Gasteiger partial charge < -0.3 is 4.90 Å². The number of carbonyl (C=O) groups is 1. The summed E-state index contributed by atoms with van der Waals surface area (Å²) in [5.41, 5.74) is 1.37. The van der Waals surface area contributed by atoms with Crippen LogP contribution >= 0.6 is 0 Å². The van der Waals surface area contributed by atoms with Crippen LogP contribution in [0.15, 0.2) is 41.3 Å². The van der Waals surface area contributed by atoms with Crippen molar-refractivity contribution in [3.8, 4) is 0 Å². The molecule has 2 aromatic rings. The molecular weight excluding hydrogens is 338 g/mol. The molecule has 8 heteroatoms. The lowest BCUT2D eigenvalue weighted by Crippen LogP contribution is -2.25. The molecule has 0 spiro atoms. The molecule has 0 radical (unpaired) electrons. The quantitative estimate of drug-likeness (QED) is 0.924. The van der Waals surface area contributed by atoms with Gasteiger partial charge in [0.15, 0.2) is 11.6 Å². The number of amides is 1. The van der Waals surface area contributed by atoms with Crippen molar-refractivity contribution in [1.29, 1.82) is 0 Å². The number of sulfonamides is 1. The van der Waals surface area contributed by atoms with Crippen LogP contribution in [0.4, 0.5) is 20.2 Å². The van der Waals surface area contributed by atoms with Gasteiger partial charge in [0.1, 0.15) is 0 Å². The normalized spacial score (nSPS) is 13.7. The molecule has 1 aliphatic heterocycles. The molecule has 1 amide bonds. The Labute approximate surface area is 138 Å². The second-order valence-corrected chi connectivity index (χ2v) is 7.13. The van der Waals surface area contributed by atoms with Crippen molar-refractivity contribution in [2.75, 3.05) is 16.2 Å². The molecule has 0 unspecified atom stereocenters. The molecular formula is C16H14F2N2O3S. The lowest BCUT2D eigenvalue weighted by atomic mass is 10.2. The van der Waals surface area contributed by atoms with Gasteiger partial charge in [0.25, 0.3) is 10.0 Å². The van der Waals surface area contributed by atoms with Gasteiger partial charge in [-0.05, 0) is 42.3 Å². The van der Waals surface area contributed by atoms with Gasteiger partial charge in [0, 0.05) is 25.2 Å². The maximum absolute atomic E-state index is 13.2. The predicted molar refractivity (Wildman–Crippen MR) is 85.3 cm³/mol. The summed E-state index contributed by atoms with van der Waals surface area (Å²) in [4.78, 5) is 13.1. The first-order valence-electron chi connectivity index (χ1n) is 7.17. The number of benzene rings is 2. The number of carbonyl (C=O) groups excluding carboxylic acids is 1. The van der Waals surface area contributed by atoms with Gasteiger partial charge in [-0.3, -0.25) is 9.52 Å². The van der Waals surface area contributed by atoms with Crippen molar-refractivity contribution >= 4 is 27.3 Å². The topological polar surface area (TPSA) is 66.5 Å². The summed E-state index contributed by atoms with van der Waals surface area (Å²) in [6.07, 6.45) is 0.559. The van der Waals surface area contributed by atoms with E-state index < -0.39 is 21.7 Å². The zero-order valence-electron chi connectivity index (χ0n) is 12.7. The van der Waals surface area contributed by atoms with Gasteiger partial charge in [0.2, 0.25) is 5.91 Å². The van der Waals surface area contributed by atoms with Crippen LogP contribution in [0, 0.1) is 11.6 Å². The van der Waals surface area contributed by atoms with Crippen LogP contribution in [0.5, 0.6) is 0 Å². The molecule has 0 fully saturated rings. The van der Waals surface area contributed by atoms with E-state index in [4.69, 9.17) is 0 Å². The van der Waals surface area contributed by atoms with E-state index in [2.05, 4.69) is 4.72 Å².